The third-order valence-corrected chi connectivity index (χ3v) is 6.94. The number of hydrogen-bond donors (Lipinski definition) is 1. The first kappa shape index (κ1) is 25.8. The number of nitrogens with zero attached hydrogens (tertiary/aromatic N) is 1. The molecule has 5 rings (SSSR count). The Morgan fingerprint density at radius 2 is 1.76 bits per heavy atom. The summed E-state index contributed by atoms with van der Waals surface area (Å²) in [5.74, 6) is -0.620. The minimum absolute atomic E-state index is 0.00719. The van der Waals surface area contributed by atoms with E-state index in [2.05, 4.69) is 21.2 Å². The summed E-state index contributed by atoms with van der Waals surface area (Å²) in [6, 6.07) is 26.0. The second-order valence-corrected chi connectivity index (χ2v) is 10.1. The Kier molecular flexibility index (Phi) is 7.62. The molecule has 0 aliphatic carbocycles. The van der Waals surface area contributed by atoms with Gasteiger partial charge in [0.1, 0.15) is 11.5 Å². The monoisotopic (exact) mass is 592 g/mol. The first-order valence-electron chi connectivity index (χ1n) is 11.8. The van der Waals surface area contributed by atoms with Gasteiger partial charge in [0.25, 0.3) is 5.91 Å². The largest absolute Gasteiger partial charge is 0.457 e. The number of benzene rings is 4. The first-order chi connectivity index (χ1) is 18.4. The van der Waals surface area contributed by atoms with Crippen LogP contribution in [0.25, 0.3) is 10.8 Å². The summed E-state index contributed by atoms with van der Waals surface area (Å²) in [6.07, 6.45) is 0.00719. The molecule has 1 aliphatic rings. The highest BCUT2D eigenvalue weighted by molar-refractivity contribution is 9.10. The van der Waals surface area contributed by atoms with Gasteiger partial charge in [-0.2, -0.15) is 0 Å². The number of carbonyl (C=O) groups excluding carboxylic acids is 3. The molecule has 1 fully saturated rings. The molecule has 0 unspecified atom stereocenters. The van der Waals surface area contributed by atoms with Gasteiger partial charge in [-0.3, -0.25) is 14.4 Å². The lowest BCUT2D eigenvalue weighted by molar-refractivity contribution is -0.151. The average molecular weight is 594 g/mol. The summed E-state index contributed by atoms with van der Waals surface area (Å²) in [6.45, 7) is -0.308. The molecule has 0 aromatic heterocycles. The minimum Gasteiger partial charge on any atom is -0.457 e. The van der Waals surface area contributed by atoms with Crippen LogP contribution >= 0.6 is 27.5 Å². The SMILES string of the molecule is O=C(COC(=O)[C@@H]1CC(=O)N(c2ccc(Oc3cccc4ccccc34)cc2)C1)Nc1ccc(Br)cc1Cl. The van der Waals surface area contributed by atoms with E-state index in [-0.39, 0.29) is 18.9 Å². The normalized spacial score (nSPS) is 14.9. The molecular formula is C29H22BrClN2O5. The second kappa shape index (κ2) is 11.2. The van der Waals surface area contributed by atoms with Gasteiger partial charge in [0.2, 0.25) is 5.91 Å². The summed E-state index contributed by atoms with van der Waals surface area (Å²) in [7, 11) is 0. The molecule has 1 saturated heterocycles. The number of halogens is 2. The molecule has 1 N–H and O–H groups in total. The fourth-order valence-corrected chi connectivity index (χ4v) is 4.97. The zero-order valence-electron chi connectivity index (χ0n) is 20.0. The van der Waals surface area contributed by atoms with Gasteiger partial charge in [0, 0.05) is 28.5 Å². The predicted molar refractivity (Wildman–Crippen MR) is 150 cm³/mol. The molecule has 1 heterocycles. The summed E-state index contributed by atoms with van der Waals surface area (Å²) in [5.41, 5.74) is 1.06. The van der Waals surface area contributed by atoms with Crippen molar-refractivity contribution >= 4 is 67.5 Å². The Morgan fingerprint density at radius 3 is 2.55 bits per heavy atom. The quantitative estimate of drug-likeness (QED) is 0.245. The van der Waals surface area contributed by atoms with E-state index < -0.39 is 24.4 Å². The summed E-state index contributed by atoms with van der Waals surface area (Å²) < 4.78 is 12.0. The lowest BCUT2D eigenvalue weighted by Crippen LogP contribution is -2.28. The van der Waals surface area contributed by atoms with Gasteiger partial charge in [-0.1, -0.05) is 63.9 Å². The maximum atomic E-state index is 12.6. The van der Waals surface area contributed by atoms with Gasteiger partial charge in [0.15, 0.2) is 6.61 Å². The first-order valence-corrected chi connectivity index (χ1v) is 13.0. The van der Waals surface area contributed by atoms with Crippen molar-refractivity contribution < 1.29 is 23.9 Å². The minimum atomic E-state index is -0.668. The van der Waals surface area contributed by atoms with Crippen molar-refractivity contribution in [3.63, 3.8) is 0 Å². The average Bonchev–Trinajstić information content (AvgIpc) is 3.31. The van der Waals surface area contributed by atoms with Gasteiger partial charge in [0.05, 0.1) is 16.6 Å². The van der Waals surface area contributed by atoms with Crippen molar-refractivity contribution in [2.24, 2.45) is 5.92 Å². The molecule has 0 saturated carbocycles. The number of rotatable bonds is 7. The van der Waals surface area contributed by atoms with Crippen LogP contribution in [0, 0.1) is 5.92 Å². The van der Waals surface area contributed by atoms with Crippen molar-refractivity contribution in [1.29, 1.82) is 0 Å². The fourth-order valence-electron chi connectivity index (χ4n) is 4.25. The molecule has 2 amide bonds. The zero-order chi connectivity index (χ0) is 26.6. The van der Waals surface area contributed by atoms with E-state index in [1.807, 2.05) is 42.5 Å². The molecule has 0 radical (unpaired) electrons. The Labute approximate surface area is 232 Å². The highest BCUT2D eigenvalue weighted by atomic mass is 79.9. The van der Waals surface area contributed by atoms with Crippen LogP contribution < -0.4 is 15.0 Å². The van der Waals surface area contributed by atoms with E-state index >= 15 is 0 Å². The highest BCUT2D eigenvalue weighted by Gasteiger charge is 2.36. The Bertz CT molecular complexity index is 1520. The van der Waals surface area contributed by atoms with Crippen LogP contribution in [0.5, 0.6) is 11.5 Å². The van der Waals surface area contributed by atoms with E-state index in [0.717, 1.165) is 21.0 Å². The van der Waals surface area contributed by atoms with E-state index in [1.165, 1.54) is 4.90 Å². The predicted octanol–water partition coefficient (Wildman–Crippen LogP) is 6.58. The van der Waals surface area contributed by atoms with E-state index in [9.17, 15) is 14.4 Å². The third kappa shape index (κ3) is 5.82. The van der Waals surface area contributed by atoms with E-state index in [4.69, 9.17) is 21.1 Å². The molecule has 1 aliphatic heterocycles. The number of esters is 1. The number of nitrogens with one attached hydrogen (secondary N) is 1. The lowest BCUT2D eigenvalue weighted by Gasteiger charge is -2.17. The Hall–Kier alpha value is -3.88. The summed E-state index contributed by atoms with van der Waals surface area (Å²) in [5, 5.41) is 5.04. The third-order valence-electron chi connectivity index (χ3n) is 6.13. The van der Waals surface area contributed by atoms with Crippen LogP contribution in [0.1, 0.15) is 6.42 Å². The number of ether oxygens (including phenoxy) is 2. The van der Waals surface area contributed by atoms with Gasteiger partial charge in [-0.25, -0.2) is 0 Å². The maximum absolute atomic E-state index is 12.6. The number of fused-ring (bicyclic) bond motifs is 1. The number of carbonyl (C=O) groups is 3. The Morgan fingerprint density at radius 1 is 1.00 bits per heavy atom. The maximum Gasteiger partial charge on any atom is 0.311 e. The van der Waals surface area contributed by atoms with Crippen molar-refractivity contribution in [2.75, 3.05) is 23.4 Å². The van der Waals surface area contributed by atoms with Crippen molar-refractivity contribution in [3.05, 3.63) is 94.4 Å². The van der Waals surface area contributed by atoms with Gasteiger partial charge < -0.3 is 19.7 Å². The number of amides is 2. The smallest absolute Gasteiger partial charge is 0.311 e. The standard InChI is InChI=1S/C29H22BrClN2O5/c30-20-8-13-25(24(31)15-20)32-27(34)17-37-29(36)19-14-28(35)33(16-19)21-9-11-22(12-10-21)38-26-7-3-5-18-4-1-2-6-23(18)26/h1-13,15,19H,14,16-17H2,(H,32,34)/t19-/m1/s1. The molecule has 1 atom stereocenters. The van der Waals surface area contributed by atoms with Crippen LogP contribution in [0.2, 0.25) is 5.02 Å². The molecule has 9 heteroatoms. The molecule has 7 nitrogen and oxygen atoms in total. The van der Waals surface area contributed by atoms with Crippen LogP contribution in [0.15, 0.2) is 89.4 Å². The molecule has 0 bridgehead atoms. The van der Waals surface area contributed by atoms with Gasteiger partial charge >= 0.3 is 5.97 Å². The highest BCUT2D eigenvalue weighted by Crippen LogP contribution is 2.32. The van der Waals surface area contributed by atoms with Crippen LogP contribution in [-0.4, -0.2) is 30.9 Å². The van der Waals surface area contributed by atoms with Crippen LogP contribution in [-0.2, 0) is 19.1 Å². The fraction of sp³-hybridized carbons (Fsp3) is 0.138. The summed E-state index contributed by atoms with van der Waals surface area (Å²) in [4.78, 5) is 39.0. The van der Waals surface area contributed by atoms with Crippen LogP contribution in [0.4, 0.5) is 11.4 Å². The van der Waals surface area contributed by atoms with E-state index in [1.54, 1.807) is 42.5 Å². The number of anilines is 2. The molecule has 4 aromatic rings. The second-order valence-electron chi connectivity index (χ2n) is 8.76. The zero-order valence-corrected chi connectivity index (χ0v) is 22.4. The van der Waals surface area contributed by atoms with Crippen molar-refractivity contribution in [3.8, 4) is 11.5 Å². The Balaban J connectivity index is 1.16. The topological polar surface area (TPSA) is 84.9 Å². The molecule has 192 valence electrons. The van der Waals surface area contributed by atoms with Gasteiger partial charge in [-0.15, -0.1) is 0 Å². The van der Waals surface area contributed by atoms with Crippen molar-refractivity contribution in [2.45, 2.75) is 6.42 Å². The van der Waals surface area contributed by atoms with Crippen molar-refractivity contribution in [1.82, 2.24) is 0 Å². The molecular weight excluding hydrogens is 572 g/mol. The number of hydrogen-bond acceptors (Lipinski definition) is 5. The van der Waals surface area contributed by atoms with E-state index in [0.29, 0.717) is 22.1 Å². The molecule has 0 spiro atoms. The summed E-state index contributed by atoms with van der Waals surface area (Å²) >= 11 is 9.40. The van der Waals surface area contributed by atoms with Crippen LogP contribution in [0.3, 0.4) is 0 Å². The molecule has 38 heavy (non-hydrogen) atoms. The molecule has 4 aromatic carbocycles. The lowest BCUT2D eigenvalue weighted by atomic mass is 10.1. The van der Waals surface area contributed by atoms with Gasteiger partial charge in [-0.05, 0) is 53.9 Å².